The van der Waals surface area contributed by atoms with Gasteiger partial charge in [-0.25, -0.2) is 0 Å². The van der Waals surface area contributed by atoms with Crippen LogP contribution in [0.1, 0.15) is 50.4 Å². The molecular formula is C19H31N3O. The van der Waals surface area contributed by atoms with Crippen LogP contribution in [-0.2, 0) is 0 Å². The predicted octanol–water partition coefficient (Wildman–Crippen LogP) is 3.14. The Hall–Kier alpha value is -1.55. The zero-order valence-corrected chi connectivity index (χ0v) is 14.8. The van der Waals surface area contributed by atoms with Gasteiger partial charge in [-0.05, 0) is 57.0 Å². The molecule has 23 heavy (non-hydrogen) atoms. The number of carbonyl (C=O) groups excluding carboxylic acids is 1. The number of nitrogens with one attached hydrogen (secondary N) is 1. The molecule has 4 heteroatoms. The van der Waals surface area contributed by atoms with Gasteiger partial charge in [0.15, 0.2) is 0 Å². The number of amides is 1. The summed E-state index contributed by atoms with van der Waals surface area (Å²) in [6.45, 7) is 11.3. The maximum absolute atomic E-state index is 12.9. The number of nitrogens with zero attached hydrogens (tertiary/aromatic N) is 2. The minimum absolute atomic E-state index is 0.172. The molecule has 1 heterocycles. The van der Waals surface area contributed by atoms with E-state index in [1.54, 1.807) is 0 Å². The van der Waals surface area contributed by atoms with Gasteiger partial charge < -0.3 is 15.1 Å². The van der Waals surface area contributed by atoms with Crippen molar-refractivity contribution in [2.24, 2.45) is 0 Å². The van der Waals surface area contributed by atoms with Gasteiger partial charge in [0, 0.05) is 43.5 Å². The van der Waals surface area contributed by atoms with Crippen LogP contribution in [0.25, 0.3) is 0 Å². The Balaban J connectivity index is 2.11. The second-order valence-corrected chi connectivity index (χ2v) is 6.27. The van der Waals surface area contributed by atoms with E-state index >= 15 is 0 Å². The van der Waals surface area contributed by atoms with Crippen molar-refractivity contribution in [1.82, 2.24) is 10.2 Å². The molecule has 1 fully saturated rings. The highest BCUT2D eigenvalue weighted by Gasteiger charge is 2.26. The highest BCUT2D eigenvalue weighted by atomic mass is 16.2. The van der Waals surface area contributed by atoms with E-state index in [0.717, 1.165) is 57.5 Å². The molecule has 0 aromatic heterocycles. The van der Waals surface area contributed by atoms with E-state index < -0.39 is 0 Å². The van der Waals surface area contributed by atoms with E-state index in [9.17, 15) is 4.79 Å². The molecule has 1 saturated heterocycles. The van der Waals surface area contributed by atoms with E-state index in [1.807, 2.05) is 12.1 Å². The van der Waals surface area contributed by atoms with Gasteiger partial charge in [-0.3, -0.25) is 4.79 Å². The standard InChI is InChI=1S/C19H31N3O/c1-4-13-21(6-3)17-9-7-16(8-10-17)19(23)22(14-5-2)18-11-12-20-15-18/h7-10,18,20H,4-6,11-15H2,1-3H3. The summed E-state index contributed by atoms with van der Waals surface area (Å²) in [6, 6.07) is 8.49. The first kappa shape index (κ1) is 17.8. The summed E-state index contributed by atoms with van der Waals surface area (Å²) in [5.41, 5.74) is 2.01. The summed E-state index contributed by atoms with van der Waals surface area (Å²) in [5, 5.41) is 3.36. The van der Waals surface area contributed by atoms with Gasteiger partial charge in [0.05, 0.1) is 0 Å². The maximum Gasteiger partial charge on any atom is 0.254 e. The molecule has 1 N–H and O–H groups in total. The third kappa shape index (κ3) is 4.47. The van der Waals surface area contributed by atoms with Crippen LogP contribution in [-0.4, -0.2) is 49.6 Å². The molecular weight excluding hydrogens is 286 g/mol. The van der Waals surface area contributed by atoms with E-state index in [1.165, 1.54) is 5.69 Å². The van der Waals surface area contributed by atoms with Crippen molar-refractivity contribution < 1.29 is 4.79 Å². The Morgan fingerprint density at radius 2 is 1.83 bits per heavy atom. The van der Waals surface area contributed by atoms with Gasteiger partial charge >= 0.3 is 0 Å². The van der Waals surface area contributed by atoms with Crippen LogP contribution in [0.15, 0.2) is 24.3 Å². The Morgan fingerprint density at radius 3 is 2.35 bits per heavy atom. The van der Waals surface area contributed by atoms with E-state index in [0.29, 0.717) is 6.04 Å². The zero-order valence-electron chi connectivity index (χ0n) is 14.8. The summed E-state index contributed by atoms with van der Waals surface area (Å²) < 4.78 is 0. The molecule has 0 spiro atoms. The molecule has 1 amide bonds. The second kappa shape index (κ2) is 8.92. The van der Waals surface area contributed by atoms with Crippen molar-refractivity contribution in [3.63, 3.8) is 0 Å². The van der Waals surface area contributed by atoms with E-state index in [4.69, 9.17) is 0 Å². The molecule has 4 nitrogen and oxygen atoms in total. The summed E-state index contributed by atoms with van der Waals surface area (Å²) in [4.78, 5) is 17.3. The molecule has 0 bridgehead atoms. The normalized spacial score (nSPS) is 17.3. The van der Waals surface area contributed by atoms with Gasteiger partial charge in [0.25, 0.3) is 5.91 Å². The summed E-state index contributed by atoms with van der Waals surface area (Å²) in [7, 11) is 0. The van der Waals surface area contributed by atoms with Crippen LogP contribution in [0, 0.1) is 0 Å². The highest BCUT2D eigenvalue weighted by molar-refractivity contribution is 5.94. The van der Waals surface area contributed by atoms with Gasteiger partial charge in [-0.15, -0.1) is 0 Å². The average Bonchev–Trinajstić information content (AvgIpc) is 3.11. The second-order valence-electron chi connectivity index (χ2n) is 6.27. The number of hydrogen-bond donors (Lipinski definition) is 1. The van der Waals surface area contributed by atoms with Crippen LogP contribution >= 0.6 is 0 Å². The van der Waals surface area contributed by atoms with Crippen LogP contribution in [0.3, 0.4) is 0 Å². The van der Waals surface area contributed by atoms with Crippen molar-refractivity contribution in [3.05, 3.63) is 29.8 Å². The van der Waals surface area contributed by atoms with Crippen molar-refractivity contribution in [2.75, 3.05) is 37.6 Å². The highest BCUT2D eigenvalue weighted by Crippen LogP contribution is 2.19. The lowest BCUT2D eigenvalue weighted by Gasteiger charge is -2.28. The minimum Gasteiger partial charge on any atom is -0.372 e. The number of hydrogen-bond acceptors (Lipinski definition) is 3. The Bertz CT molecular complexity index is 480. The first-order valence-corrected chi connectivity index (χ1v) is 9.07. The number of benzene rings is 1. The average molecular weight is 317 g/mol. The van der Waals surface area contributed by atoms with Crippen molar-refractivity contribution >= 4 is 11.6 Å². The molecule has 1 aliphatic heterocycles. The smallest absolute Gasteiger partial charge is 0.254 e. The molecule has 2 rings (SSSR count). The topological polar surface area (TPSA) is 35.6 Å². The number of carbonyl (C=O) groups is 1. The number of anilines is 1. The van der Waals surface area contributed by atoms with Crippen LogP contribution in [0.5, 0.6) is 0 Å². The quantitative estimate of drug-likeness (QED) is 0.800. The fourth-order valence-electron chi connectivity index (χ4n) is 3.32. The lowest BCUT2D eigenvalue weighted by molar-refractivity contribution is 0.0692. The van der Waals surface area contributed by atoms with Crippen LogP contribution in [0.4, 0.5) is 5.69 Å². The third-order valence-corrected chi connectivity index (χ3v) is 4.56. The lowest BCUT2D eigenvalue weighted by atomic mass is 10.1. The van der Waals surface area contributed by atoms with Crippen molar-refractivity contribution in [1.29, 1.82) is 0 Å². The summed E-state index contributed by atoms with van der Waals surface area (Å²) >= 11 is 0. The molecule has 1 unspecified atom stereocenters. The van der Waals surface area contributed by atoms with Gasteiger partial charge in [0.1, 0.15) is 0 Å². The number of rotatable bonds is 8. The van der Waals surface area contributed by atoms with E-state index in [-0.39, 0.29) is 5.91 Å². The Kier molecular flexibility index (Phi) is 6.90. The Labute approximate surface area is 140 Å². The van der Waals surface area contributed by atoms with E-state index in [2.05, 4.69) is 48.0 Å². The maximum atomic E-state index is 12.9. The van der Waals surface area contributed by atoms with Crippen LogP contribution < -0.4 is 10.2 Å². The summed E-state index contributed by atoms with van der Waals surface area (Å²) in [6.07, 6.45) is 3.19. The molecule has 0 radical (unpaired) electrons. The van der Waals surface area contributed by atoms with Gasteiger partial charge in [-0.1, -0.05) is 13.8 Å². The van der Waals surface area contributed by atoms with Gasteiger partial charge in [0.2, 0.25) is 0 Å². The fourth-order valence-corrected chi connectivity index (χ4v) is 3.32. The molecule has 0 aliphatic carbocycles. The summed E-state index contributed by atoms with van der Waals surface area (Å²) in [5.74, 6) is 0.172. The molecule has 128 valence electrons. The largest absolute Gasteiger partial charge is 0.372 e. The first-order valence-electron chi connectivity index (χ1n) is 9.07. The Morgan fingerprint density at radius 1 is 1.13 bits per heavy atom. The molecule has 0 saturated carbocycles. The van der Waals surface area contributed by atoms with Gasteiger partial charge in [-0.2, -0.15) is 0 Å². The minimum atomic E-state index is 0.172. The first-order chi connectivity index (χ1) is 11.2. The lowest BCUT2D eigenvalue weighted by Crippen LogP contribution is -2.42. The van der Waals surface area contributed by atoms with Crippen LogP contribution in [0.2, 0.25) is 0 Å². The van der Waals surface area contributed by atoms with Crippen molar-refractivity contribution in [3.8, 4) is 0 Å². The predicted molar refractivity (Wildman–Crippen MR) is 97.2 cm³/mol. The molecule has 1 aromatic rings. The third-order valence-electron chi connectivity index (χ3n) is 4.56. The monoisotopic (exact) mass is 317 g/mol. The molecule has 1 aliphatic rings. The van der Waals surface area contributed by atoms with Crippen molar-refractivity contribution in [2.45, 2.75) is 46.1 Å². The molecule has 1 atom stereocenters. The zero-order chi connectivity index (χ0) is 16.7. The fraction of sp³-hybridized carbons (Fsp3) is 0.632. The molecule has 1 aromatic carbocycles. The SMILES string of the molecule is CCCN(CC)c1ccc(C(=O)N(CCC)C2CCNC2)cc1.